The second-order valence-corrected chi connectivity index (χ2v) is 7.85. The van der Waals surface area contributed by atoms with Gasteiger partial charge in [-0.1, -0.05) is 6.07 Å². The Bertz CT molecular complexity index is 715. The molecule has 1 aliphatic heterocycles. The van der Waals surface area contributed by atoms with Crippen molar-refractivity contribution >= 4 is 21.7 Å². The fourth-order valence-electron chi connectivity index (χ4n) is 2.40. The number of carbonyl (C=O) groups is 2. The lowest BCUT2D eigenvalue weighted by molar-refractivity contribution is -0.127. The Morgan fingerprint density at radius 1 is 1.38 bits per heavy atom. The molecule has 0 bridgehead atoms. The van der Waals surface area contributed by atoms with Crippen LogP contribution in [0.25, 0.3) is 0 Å². The number of hydrogen-bond donors (Lipinski definition) is 1. The molecule has 2 atom stereocenters. The van der Waals surface area contributed by atoms with E-state index >= 15 is 0 Å². The summed E-state index contributed by atoms with van der Waals surface area (Å²) in [6.07, 6.45) is -0.398. The summed E-state index contributed by atoms with van der Waals surface area (Å²) in [6, 6.07) is 5.99. The van der Waals surface area contributed by atoms with Gasteiger partial charge in [-0.15, -0.1) is 0 Å². The molecule has 1 saturated heterocycles. The molecule has 0 unspecified atom stereocenters. The lowest BCUT2D eigenvalue weighted by Gasteiger charge is -2.17. The number of ether oxygens (including phenoxy) is 2. The number of nitrogens with one attached hydrogen (secondary N) is 1. The molecule has 24 heavy (non-hydrogen) atoms. The molecule has 0 spiro atoms. The Hall–Kier alpha value is -2.09. The molecular formula is C16H21NO6S. The van der Waals surface area contributed by atoms with E-state index < -0.39 is 27.8 Å². The van der Waals surface area contributed by atoms with E-state index in [4.69, 9.17) is 9.47 Å². The zero-order valence-corrected chi connectivity index (χ0v) is 14.5. The van der Waals surface area contributed by atoms with Crippen molar-refractivity contribution in [2.75, 3.05) is 18.1 Å². The van der Waals surface area contributed by atoms with Gasteiger partial charge in [0.25, 0.3) is 5.91 Å². The SMILES string of the molecule is CCOC(=O)c1cccc(O[C@H](C)C(=O)N[C@@H]2CCS(=O)(=O)C2)c1. The Balaban J connectivity index is 1.94. The van der Waals surface area contributed by atoms with Gasteiger partial charge in [-0.05, 0) is 38.5 Å². The Kier molecular flexibility index (Phi) is 5.82. The molecule has 1 heterocycles. The zero-order valence-electron chi connectivity index (χ0n) is 13.7. The van der Waals surface area contributed by atoms with Crippen molar-refractivity contribution in [2.24, 2.45) is 0 Å². The van der Waals surface area contributed by atoms with E-state index in [1.165, 1.54) is 6.07 Å². The van der Waals surface area contributed by atoms with E-state index in [9.17, 15) is 18.0 Å². The quantitative estimate of drug-likeness (QED) is 0.763. The monoisotopic (exact) mass is 355 g/mol. The third-order valence-electron chi connectivity index (χ3n) is 3.61. The van der Waals surface area contributed by atoms with Crippen LogP contribution in [0.3, 0.4) is 0 Å². The van der Waals surface area contributed by atoms with Crippen molar-refractivity contribution in [1.82, 2.24) is 5.32 Å². The first kappa shape index (κ1) is 18.3. The van der Waals surface area contributed by atoms with Crippen molar-refractivity contribution in [3.8, 4) is 5.75 Å². The van der Waals surface area contributed by atoms with Crippen LogP contribution in [0, 0.1) is 0 Å². The van der Waals surface area contributed by atoms with E-state index in [0.29, 0.717) is 17.7 Å². The number of amides is 1. The maximum Gasteiger partial charge on any atom is 0.338 e. The van der Waals surface area contributed by atoms with Crippen LogP contribution in [0.2, 0.25) is 0 Å². The number of hydrogen-bond acceptors (Lipinski definition) is 6. The Morgan fingerprint density at radius 2 is 2.12 bits per heavy atom. The van der Waals surface area contributed by atoms with Crippen LogP contribution in [0.5, 0.6) is 5.75 Å². The van der Waals surface area contributed by atoms with Gasteiger partial charge < -0.3 is 14.8 Å². The van der Waals surface area contributed by atoms with Gasteiger partial charge in [-0.25, -0.2) is 13.2 Å². The average molecular weight is 355 g/mol. The molecule has 1 amide bonds. The smallest absolute Gasteiger partial charge is 0.338 e. The number of benzene rings is 1. The van der Waals surface area contributed by atoms with E-state index in [2.05, 4.69) is 5.32 Å². The van der Waals surface area contributed by atoms with E-state index in [0.717, 1.165) is 0 Å². The molecule has 1 aromatic rings. The summed E-state index contributed by atoms with van der Waals surface area (Å²) >= 11 is 0. The fourth-order valence-corrected chi connectivity index (χ4v) is 4.07. The summed E-state index contributed by atoms with van der Waals surface area (Å²) in [5.74, 6) is -0.435. The summed E-state index contributed by atoms with van der Waals surface area (Å²) in [5.41, 5.74) is 0.337. The van der Waals surface area contributed by atoms with E-state index in [1.54, 1.807) is 32.0 Å². The lowest BCUT2D eigenvalue weighted by atomic mass is 10.2. The first-order chi connectivity index (χ1) is 11.3. The third-order valence-corrected chi connectivity index (χ3v) is 5.37. The van der Waals surface area contributed by atoms with Crippen LogP contribution >= 0.6 is 0 Å². The molecule has 0 aliphatic carbocycles. The van der Waals surface area contributed by atoms with Crippen molar-refractivity contribution in [3.63, 3.8) is 0 Å². The molecule has 0 saturated carbocycles. The lowest BCUT2D eigenvalue weighted by Crippen LogP contribution is -2.43. The van der Waals surface area contributed by atoms with E-state index in [1.807, 2.05) is 0 Å². The summed E-state index contributed by atoms with van der Waals surface area (Å²) < 4.78 is 33.3. The van der Waals surface area contributed by atoms with Crippen LogP contribution in [0.15, 0.2) is 24.3 Å². The minimum absolute atomic E-state index is 0.0379. The highest BCUT2D eigenvalue weighted by Gasteiger charge is 2.30. The largest absolute Gasteiger partial charge is 0.481 e. The molecule has 1 aliphatic rings. The van der Waals surface area contributed by atoms with Crippen molar-refractivity contribution in [2.45, 2.75) is 32.4 Å². The van der Waals surface area contributed by atoms with Gasteiger partial charge in [0.1, 0.15) is 5.75 Å². The first-order valence-electron chi connectivity index (χ1n) is 7.75. The van der Waals surface area contributed by atoms with Gasteiger partial charge in [-0.2, -0.15) is 0 Å². The second-order valence-electron chi connectivity index (χ2n) is 5.62. The van der Waals surface area contributed by atoms with Gasteiger partial charge in [0.2, 0.25) is 0 Å². The topological polar surface area (TPSA) is 98.8 Å². The van der Waals surface area contributed by atoms with Gasteiger partial charge >= 0.3 is 5.97 Å². The van der Waals surface area contributed by atoms with Crippen molar-refractivity contribution in [1.29, 1.82) is 0 Å². The predicted molar refractivity (Wildman–Crippen MR) is 87.7 cm³/mol. The number of sulfone groups is 1. The first-order valence-corrected chi connectivity index (χ1v) is 9.57. The number of rotatable bonds is 6. The predicted octanol–water partition coefficient (Wildman–Crippen LogP) is 0.934. The minimum atomic E-state index is -3.05. The summed E-state index contributed by atoms with van der Waals surface area (Å²) in [5, 5.41) is 2.68. The highest BCUT2D eigenvalue weighted by molar-refractivity contribution is 7.91. The molecule has 1 aromatic carbocycles. The van der Waals surface area contributed by atoms with E-state index in [-0.39, 0.29) is 24.2 Å². The van der Waals surface area contributed by atoms with Crippen LogP contribution in [0.4, 0.5) is 0 Å². The summed E-state index contributed by atoms with van der Waals surface area (Å²) in [6.45, 7) is 3.55. The molecule has 7 nitrogen and oxygen atoms in total. The van der Waals surface area contributed by atoms with Gasteiger partial charge in [0, 0.05) is 6.04 Å². The zero-order chi connectivity index (χ0) is 17.7. The molecule has 2 rings (SSSR count). The summed E-state index contributed by atoms with van der Waals surface area (Å²) in [4.78, 5) is 23.8. The molecule has 1 N–H and O–H groups in total. The molecule has 0 aromatic heterocycles. The fraction of sp³-hybridized carbons (Fsp3) is 0.500. The third kappa shape index (κ3) is 4.95. The van der Waals surface area contributed by atoms with Crippen LogP contribution < -0.4 is 10.1 Å². The maximum atomic E-state index is 12.1. The van der Waals surface area contributed by atoms with Crippen LogP contribution in [0.1, 0.15) is 30.6 Å². The second kappa shape index (κ2) is 7.65. The normalized spacial score (nSPS) is 20.2. The number of carbonyl (C=O) groups excluding carboxylic acids is 2. The number of esters is 1. The van der Waals surface area contributed by atoms with Crippen LogP contribution in [-0.2, 0) is 19.4 Å². The van der Waals surface area contributed by atoms with Gasteiger partial charge in [0.05, 0.1) is 23.7 Å². The average Bonchev–Trinajstić information content (AvgIpc) is 2.86. The Labute approximate surface area is 141 Å². The highest BCUT2D eigenvalue weighted by atomic mass is 32.2. The van der Waals surface area contributed by atoms with Gasteiger partial charge in [0.15, 0.2) is 15.9 Å². The maximum absolute atomic E-state index is 12.1. The molecule has 8 heteroatoms. The van der Waals surface area contributed by atoms with Crippen molar-refractivity contribution in [3.05, 3.63) is 29.8 Å². The van der Waals surface area contributed by atoms with Gasteiger partial charge in [-0.3, -0.25) is 4.79 Å². The minimum Gasteiger partial charge on any atom is -0.481 e. The molecule has 1 fully saturated rings. The van der Waals surface area contributed by atoms with Crippen molar-refractivity contribution < 1.29 is 27.5 Å². The highest BCUT2D eigenvalue weighted by Crippen LogP contribution is 2.17. The Morgan fingerprint density at radius 3 is 2.75 bits per heavy atom. The molecular weight excluding hydrogens is 334 g/mol. The van der Waals surface area contributed by atoms with Crippen LogP contribution in [-0.4, -0.2) is 50.6 Å². The molecule has 0 radical (unpaired) electrons. The summed E-state index contributed by atoms with van der Waals surface area (Å²) in [7, 11) is -3.05. The molecule has 132 valence electrons. The standard InChI is InChI=1S/C16H21NO6S/c1-3-22-16(19)12-5-4-6-14(9-12)23-11(2)15(18)17-13-7-8-24(20,21)10-13/h4-6,9,11,13H,3,7-8,10H2,1-2H3,(H,17,18)/t11-,13-/m1/s1.